The standard InChI is InChI=1S/C13H11FN2O2/c1-3-18-13(17)12-7(2)9-4-8(6-15)10(14)5-11(9)16-12/h4-5,16H,3H2,1-2H3. The van der Waals surface area contributed by atoms with E-state index in [0.717, 1.165) is 0 Å². The maximum atomic E-state index is 13.5. The summed E-state index contributed by atoms with van der Waals surface area (Å²) in [4.78, 5) is 14.5. The van der Waals surface area contributed by atoms with Crippen LogP contribution in [-0.4, -0.2) is 17.6 Å². The molecule has 5 heteroatoms. The predicted molar refractivity (Wildman–Crippen MR) is 63.7 cm³/mol. The van der Waals surface area contributed by atoms with E-state index >= 15 is 0 Å². The number of aryl methyl sites for hydroxylation is 1. The Morgan fingerprint density at radius 2 is 2.28 bits per heavy atom. The average molecular weight is 246 g/mol. The number of carbonyl (C=O) groups excluding carboxylic acids is 1. The number of hydrogen-bond donors (Lipinski definition) is 1. The molecule has 0 spiro atoms. The van der Waals surface area contributed by atoms with Crippen molar-refractivity contribution in [3.05, 3.63) is 34.8 Å². The van der Waals surface area contributed by atoms with E-state index in [0.29, 0.717) is 22.2 Å². The van der Waals surface area contributed by atoms with Crippen LogP contribution in [-0.2, 0) is 4.74 Å². The molecule has 0 amide bonds. The molecule has 0 aliphatic heterocycles. The molecule has 1 N–H and O–H groups in total. The van der Waals surface area contributed by atoms with Gasteiger partial charge >= 0.3 is 5.97 Å². The van der Waals surface area contributed by atoms with Crippen LogP contribution in [0.2, 0.25) is 0 Å². The summed E-state index contributed by atoms with van der Waals surface area (Å²) in [6, 6.07) is 4.41. The van der Waals surface area contributed by atoms with Gasteiger partial charge < -0.3 is 9.72 Å². The molecule has 92 valence electrons. The van der Waals surface area contributed by atoms with Crippen LogP contribution in [0.15, 0.2) is 12.1 Å². The van der Waals surface area contributed by atoms with Crippen molar-refractivity contribution in [3.63, 3.8) is 0 Å². The topological polar surface area (TPSA) is 65.9 Å². The number of halogens is 1. The summed E-state index contributed by atoms with van der Waals surface area (Å²) >= 11 is 0. The van der Waals surface area contributed by atoms with Gasteiger partial charge in [0, 0.05) is 10.9 Å². The van der Waals surface area contributed by atoms with E-state index < -0.39 is 11.8 Å². The molecule has 2 rings (SSSR count). The van der Waals surface area contributed by atoms with Crippen molar-refractivity contribution in [2.45, 2.75) is 13.8 Å². The zero-order valence-electron chi connectivity index (χ0n) is 10.0. The fraction of sp³-hybridized carbons (Fsp3) is 0.231. The van der Waals surface area contributed by atoms with Crippen LogP contribution in [0.3, 0.4) is 0 Å². The first kappa shape index (κ1) is 12.1. The first-order valence-corrected chi connectivity index (χ1v) is 5.47. The minimum absolute atomic E-state index is 0.0417. The van der Waals surface area contributed by atoms with Gasteiger partial charge in [0.25, 0.3) is 0 Å². The molecule has 0 aliphatic rings. The molecule has 0 aliphatic carbocycles. The summed E-state index contributed by atoms with van der Waals surface area (Å²) in [7, 11) is 0. The smallest absolute Gasteiger partial charge is 0.355 e. The molecule has 0 atom stereocenters. The van der Waals surface area contributed by atoms with E-state index in [-0.39, 0.29) is 12.2 Å². The number of aromatic nitrogens is 1. The van der Waals surface area contributed by atoms with Crippen LogP contribution in [0.25, 0.3) is 10.9 Å². The van der Waals surface area contributed by atoms with Gasteiger partial charge in [-0.15, -0.1) is 0 Å². The second-order valence-electron chi connectivity index (χ2n) is 3.83. The number of hydrogen-bond acceptors (Lipinski definition) is 3. The van der Waals surface area contributed by atoms with Gasteiger partial charge in [0.05, 0.1) is 12.2 Å². The zero-order valence-corrected chi connectivity index (χ0v) is 10.0. The number of benzene rings is 1. The van der Waals surface area contributed by atoms with Crippen molar-refractivity contribution < 1.29 is 13.9 Å². The lowest BCUT2D eigenvalue weighted by molar-refractivity contribution is 0.0520. The van der Waals surface area contributed by atoms with Gasteiger partial charge in [-0.3, -0.25) is 0 Å². The summed E-state index contributed by atoms with van der Waals surface area (Å²) in [5.41, 5.74) is 1.38. The minimum atomic E-state index is -0.610. The molecule has 0 unspecified atom stereocenters. The van der Waals surface area contributed by atoms with Gasteiger partial charge in [-0.25, -0.2) is 9.18 Å². The van der Waals surface area contributed by atoms with Gasteiger partial charge in [0.2, 0.25) is 0 Å². The molecule has 2 aromatic rings. The monoisotopic (exact) mass is 246 g/mol. The third kappa shape index (κ3) is 1.82. The Kier molecular flexibility index (Phi) is 3.02. The van der Waals surface area contributed by atoms with Crippen LogP contribution in [0, 0.1) is 24.1 Å². The summed E-state index contributed by atoms with van der Waals surface area (Å²) in [5, 5.41) is 9.43. The van der Waals surface area contributed by atoms with E-state index in [2.05, 4.69) is 4.98 Å². The largest absolute Gasteiger partial charge is 0.461 e. The summed E-state index contributed by atoms with van der Waals surface area (Å²) < 4.78 is 18.3. The molecular weight excluding hydrogens is 235 g/mol. The highest BCUT2D eigenvalue weighted by Gasteiger charge is 2.17. The summed E-state index contributed by atoms with van der Waals surface area (Å²) in [6.07, 6.45) is 0. The fourth-order valence-electron chi connectivity index (χ4n) is 1.84. The number of nitrogens with one attached hydrogen (secondary N) is 1. The number of esters is 1. The Hall–Kier alpha value is -2.35. The summed E-state index contributed by atoms with van der Waals surface area (Å²) in [6.45, 7) is 3.71. The second kappa shape index (κ2) is 4.49. The number of rotatable bonds is 2. The molecule has 1 aromatic heterocycles. The van der Waals surface area contributed by atoms with Crippen molar-refractivity contribution in [3.8, 4) is 6.07 Å². The number of ether oxygens (including phenoxy) is 1. The first-order chi connectivity index (χ1) is 8.58. The molecule has 1 aromatic carbocycles. The fourth-order valence-corrected chi connectivity index (χ4v) is 1.84. The maximum Gasteiger partial charge on any atom is 0.355 e. The molecule has 0 saturated heterocycles. The Bertz CT molecular complexity index is 668. The second-order valence-corrected chi connectivity index (χ2v) is 3.83. The van der Waals surface area contributed by atoms with Gasteiger partial charge in [0.1, 0.15) is 17.6 Å². The number of nitriles is 1. The number of carbonyl (C=O) groups is 1. The average Bonchev–Trinajstić information content (AvgIpc) is 2.65. The lowest BCUT2D eigenvalue weighted by Gasteiger charge is -1.99. The normalized spacial score (nSPS) is 10.3. The van der Waals surface area contributed by atoms with Crippen LogP contribution in [0.4, 0.5) is 4.39 Å². The van der Waals surface area contributed by atoms with Gasteiger partial charge in [-0.1, -0.05) is 0 Å². The van der Waals surface area contributed by atoms with Crippen LogP contribution >= 0.6 is 0 Å². The molecule has 18 heavy (non-hydrogen) atoms. The molecular formula is C13H11FN2O2. The minimum Gasteiger partial charge on any atom is -0.461 e. The quantitative estimate of drug-likeness (QED) is 0.828. The maximum absolute atomic E-state index is 13.5. The third-order valence-electron chi connectivity index (χ3n) is 2.75. The van der Waals surface area contributed by atoms with Crippen LogP contribution in [0.1, 0.15) is 28.5 Å². The zero-order chi connectivity index (χ0) is 13.3. The van der Waals surface area contributed by atoms with E-state index in [1.54, 1.807) is 19.9 Å². The number of fused-ring (bicyclic) bond motifs is 1. The van der Waals surface area contributed by atoms with E-state index in [9.17, 15) is 9.18 Å². The molecule has 4 nitrogen and oxygen atoms in total. The number of H-pyrrole nitrogens is 1. The van der Waals surface area contributed by atoms with Gasteiger partial charge in [0.15, 0.2) is 0 Å². The van der Waals surface area contributed by atoms with Crippen molar-refractivity contribution in [2.24, 2.45) is 0 Å². The van der Waals surface area contributed by atoms with Gasteiger partial charge in [-0.05, 0) is 31.5 Å². The third-order valence-corrected chi connectivity index (χ3v) is 2.75. The van der Waals surface area contributed by atoms with Crippen LogP contribution in [0.5, 0.6) is 0 Å². The molecule has 0 fully saturated rings. The molecule has 0 bridgehead atoms. The number of nitrogens with zero attached hydrogens (tertiary/aromatic N) is 1. The summed E-state index contributed by atoms with van der Waals surface area (Å²) in [5.74, 6) is -1.09. The lowest BCUT2D eigenvalue weighted by atomic mass is 10.1. The number of aromatic amines is 1. The van der Waals surface area contributed by atoms with Gasteiger partial charge in [-0.2, -0.15) is 5.26 Å². The highest BCUT2D eigenvalue weighted by molar-refractivity contribution is 5.98. The highest BCUT2D eigenvalue weighted by Crippen LogP contribution is 2.25. The van der Waals surface area contributed by atoms with Crippen molar-refractivity contribution in [2.75, 3.05) is 6.61 Å². The Labute approximate surface area is 103 Å². The Morgan fingerprint density at radius 1 is 1.56 bits per heavy atom. The lowest BCUT2D eigenvalue weighted by Crippen LogP contribution is -2.06. The van der Waals surface area contributed by atoms with E-state index in [4.69, 9.17) is 10.00 Å². The predicted octanol–water partition coefficient (Wildman–Crippen LogP) is 2.66. The SMILES string of the molecule is CCOC(=O)c1[nH]c2cc(F)c(C#N)cc2c1C. The Balaban J connectivity index is 2.64. The van der Waals surface area contributed by atoms with Crippen molar-refractivity contribution in [1.82, 2.24) is 4.98 Å². The Morgan fingerprint density at radius 3 is 2.89 bits per heavy atom. The molecule has 1 heterocycles. The van der Waals surface area contributed by atoms with E-state index in [1.807, 2.05) is 0 Å². The van der Waals surface area contributed by atoms with Crippen molar-refractivity contribution >= 4 is 16.9 Å². The highest BCUT2D eigenvalue weighted by atomic mass is 19.1. The van der Waals surface area contributed by atoms with Crippen LogP contribution < -0.4 is 0 Å². The van der Waals surface area contributed by atoms with E-state index in [1.165, 1.54) is 12.1 Å². The molecule has 0 saturated carbocycles. The molecule has 0 radical (unpaired) electrons. The van der Waals surface area contributed by atoms with Crippen molar-refractivity contribution in [1.29, 1.82) is 5.26 Å². The first-order valence-electron chi connectivity index (χ1n) is 5.47.